The number of halogens is 1. The summed E-state index contributed by atoms with van der Waals surface area (Å²) in [6, 6.07) is 13.7. The van der Waals surface area contributed by atoms with Crippen LogP contribution in [0.3, 0.4) is 0 Å². The SMILES string of the molecule is CCC(c1ccc(C=O)cc1)N(C)C1(/N=C(\C=O)c2ccc(F)cc2)CC(C)CC(C)C1. The first-order valence-corrected chi connectivity index (χ1v) is 11.4. The fraction of sp³-hybridized carbons (Fsp3) is 0.444. The molecule has 0 spiro atoms. The number of nitrogens with zero attached hydrogens (tertiary/aromatic N) is 2. The van der Waals surface area contributed by atoms with E-state index in [-0.39, 0.29) is 11.9 Å². The third-order valence-electron chi connectivity index (χ3n) is 6.70. The lowest BCUT2D eigenvalue weighted by Crippen LogP contribution is -2.51. The third-order valence-corrected chi connectivity index (χ3v) is 6.70. The standard InChI is InChI=1S/C27H33FN2O2/c1-5-26(23-8-6-21(17-31)7-9-23)30(4)27(15-19(2)14-20(3)16-27)29-25(18-32)22-10-12-24(28)13-11-22/h6-13,17-20,26H,5,14-16H2,1-4H3/b29-25+. The second-order valence-electron chi connectivity index (χ2n) is 9.28. The monoisotopic (exact) mass is 436 g/mol. The van der Waals surface area contributed by atoms with Crippen LogP contribution in [0.5, 0.6) is 0 Å². The fourth-order valence-corrected chi connectivity index (χ4v) is 5.33. The van der Waals surface area contributed by atoms with Crippen LogP contribution in [0, 0.1) is 17.7 Å². The summed E-state index contributed by atoms with van der Waals surface area (Å²) < 4.78 is 13.5. The molecule has 0 aliphatic heterocycles. The topological polar surface area (TPSA) is 49.7 Å². The molecule has 2 aromatic rings. The molecule has 0 bridgehead atoms. The smallest absolute Gasteiger partial charge is 0.168 e. The van der Waals surface area contributed by atoms with Crippen molar-refractivity contribution in [3.8, 4) is 0 Å². The molecule has 32 heavy (non-hydrogen) atoms. The molecule has 3 rings (SSSR count). The van der Waals surface area contributed by atoms with Gasteiger partial charge in [-0.3, -0.25) is 19.5 Å². The lowest BCUT2D eigenvalue weighted by Gasteiger charge is -2.49. The zero-order chi connectivity index (χ0) is 23.3. The molecule has 3 atom stereocenters. The number of aliphatic imine (C=N–C) groups is 1. The quantitative estimate of drug-likeness (QED) is 0.385. The number of carbonyl (C=O) groups excluding carboxylic acids is 2. The molecule has 1 fully saturated rings. The summed E-state index contributed by atoms with van der Waals surface area (Å²) in [5.74, 6) is 0.581. The first-order chi connectivity index (χ1) is 15.3. The van der Waals surface area contributed by atoms with Gasteiger partial charge in [-0.1, -0.05) is 45.0 Å². The van der Waals surface area contributed by atoms with Crippen molar-refractivity contribution in [1.82, 2.24) is 4.90 Å². The summed E-state index contributed by atoms with van der Waals surface area (Å²) in [5.41, 5.74) is 2.20. The Bertz CT molecular complexity index is 943. The molecule has 0 amide bonds. The number of hydrogen-bond acceptors (Lipinski definition) is 4. The van der Waals surface area contributed by atoms with Crippen LogP contribution in [0.25, 0.3) is 0 Å². The zero-order valence-corrected chi connectivity index (χ0v) is 19.4. The maximum atomic E-state index is 13.5. The molecule has 0 saturated heterocycles. The minimum absolute atomic E-state index is 0.0815. The third kappa shape index (κ3) is 5.21. The Hall–Kier alpha value is -2.66. The van der Waals surface area contributed by atoms with Crippen molar-refractivity contribution in [3.63, 3.8) is 0 Å². The maximum Gasteiger partial charge on any atom is 0.168 e. The van der Waals surface area contributed by atoms with Gasteiger partial charge in [0.1, 0.15) is 23.5 Å². The van der Waals surface area contributed by atoms with E-state index in [1.54, 1.807) is 12.1 Å². The lowest BCUT2D eigenvalue weighted by atomic mass is 9.75. The number of aldehydes is 2. The van der Waals surface area contributed by atoms with Gasteiger partial charge in [0.15, 0.2) is 6.29 Å². The van der Waals surface area contributed by atoms with Crippen LogP contribution in [0.15, 0.2) is 53.5 Å². The van der Waals surface area contributed by atoms with Crippen molar-refractivity contribution in [2.24, 2.45) is 16.8 Å². The van der Waals surface area contributed by atoms with E-state index >= 15 is 0 Å². The van der Waals surface area contributed by atoms with Crippen LogP contribution in [-0.2, 0) is 4.79 Å². The van der Waals surface area contributed by atoms with Crippen molar-refractivity contribution in [3.05, 3.63) is 71.0 Å². The normalized spacial score (nSPS) is 24.9. The Morgan fingerprint density at radius 3 is 2.19 bits per heavy atom. The predicted molar refractivity (Wildman–Crippen MR) is 127 cm³/mol. The average molecular weight is 437 g/mol. The van der Waals surface area contributed by atoms with Gasteiger partial charge in [-0.25, -0.2) is 4.39 Å². The van der Waals surface area contributed by atoms with Crippen LogP contribution in [0.4, 0.5) is 4.39 Å². The molecular formula is C27H33FN2O2. The van der Waals surface area contributed by atoms with E-state index in [1.165, 1.54) is 12.1 Å². The largest absolute Gasteiger partial charge is 0.298 e. The molecule has 4 nitrogen and oxygen atoms in total. The molecule has 1 saturated carbocycles. The van der Waals surface area contributed by atoms with Gasteiger partial charge >= 0.3 is 0 Å². The van der Waals surface area contributed by atoms with Crippen molar-refractivity contribution in [1.29, 1.82) is 0 Å². The summed E-state index contributed by atoms with van der Waals surface area (Å²) >= 11 is 0. The Labute approximate surface area is 190 Å². The summed E-state index contributed by atoms with van der Waals surface area (Å²) in [4.78, 5) is 30.6. The molecule has 0 heterocycles. The number of carbonyl (C=O) groups is 2. The first kappa shape index (κ1) is 24.0. The molecule has 1 aliphatic rings. The van der Waals surface area contributed by atoms with Crippen molar-refractivity contribution >= 4 is 18.3 Å². The summed E-state index contributed by atoms with van der Waals surface area (Å²) in [6.45, 7) is 6.63. The first-order valence-electron chi connectivity index (χ1n) is 11.4. The number of hydrogen-bond donors (Lipinski definition) is 0. The Morgan fingerprint density at radius 2 is 1.69 bits per heavy atom. The predicted octanol–water partition coefficient (Wildman–Crippen LogP) is 5.86. The summed E-state index contributed by atoms with van der Waals surface area (Å²) in [6.07, 6.45) is 5.31. The molecule has 2 aromatic carbocycles. The fourth-order valence-electron chi connectivity index (χ4n) is 5.33. The average Bonchev–Trinajstić information content (AvgIpc) is 2.78. The number of rotatable bonds is 8. The van der Waals surface area contributed by atoms with Crippen LogP contribution < -0.4 is 0 Å². The highest BCUT2D eigenvalue weighted by Crippen LogP contribution is 2.44. The second-order valence-corrected chi connectivity index (χ2v) is 9.28. The lowest BCUT2D eigenvalue weighted by molar-refractivity contribution is -0.102. The molecular weight excluding hydrogens is 403 g/mol. The van der Waals surface area contributed by atoms with Crippen LogP contribution in [-0.4, -0.2) is 35.9 Å². The van der Waals surface area contributed by atoms with E-state index in [9.17, 15) is 14.0 Å². The van der Waals surface area contributed by atoms with Gasteiger partial charge in [0.25, 0.3) is 0 Å². The van der Waals surface area contributed by atoms with Crippen LogP contribution in [0.1, 0.15) is 74.0 Å². The summed E-state index contributed by atoms with van der Waals surface area (Å²) in [7, 11) is 2.09. The van der Waals surface area contributed by atoms with Crippen molar-refractivity contribution < 1.29 is 14.0 Å². The molecule has 3 unspecified atom stereocenters. The molecule has 0 aromatic heterocycles. The van der Waals surface area contributed by atoms with Gasteiger partial charge in [-0.05, 0) is 74.4 Å². The Morgan fingerprint density at radius 1 is 1.09 bits per heavy atom. The van der Waals surface area contributed by atoms with Crippen molar-refractivity contribution in [2.75, 3.05) is 7.05 Å². The second kappa shape index (κ2) is 10.3. The van der Waals surface area contributed by atoms with Gasteiger partial charge in [-0.15, -0.1) is 0 Å². The highest BCUT2D eigenvalue weighted by atomic mass is 19.1. The Kier molecular flexibility index (Phi) is 7.73. The van der Waals surface area contributed by atoms with E-state index in [2.05, 4.69) is 32.7 Å². The van der Waals surface area contributed by atoms with E-state index in [0.29, 0.717) is 28.7 Å². The maximum absolute atomic E-state index is 13.5. The van der Waals surface area contributed by atoms with Gasteiger partial charge in [0, 0.05) is 17.2 Å². The van der Waals surface area contributed by atoms with Crippen LogP contribution in [0.2, 0.25) is 0 Å². The van der Waals surface area contributed by atoms with Crippen molar-refractivity contribution in [2.45, 2.75) is 58.2 Å². The van der Waals surface area contributed by atoms with Gasteiger partial charge in [0.05, 0.1) is 0 Å². The molecule has 1 aliphatic carbocycles. The minimum Gasteiger partial charge on any atom is -0.298 e. The summed E-state index contributed by atoms with van der Waals surface area (Å²) in [5, 5.41) is 0. The highest BCUT2D eigenvalue weighted by molar-refractivity contribution is 6.36. The molecule has 0 N–H and O–H groups in total. The van der Waals surface area contributed by atoms with Gasteiger partial charge in [0.2, 0.25) is 0 Å². The highest BCUT2D eigenvalue weighted by Gasteiger charge is 2.43. The molecule has 5 heteroatoms. The zero-order valence-electron chi connectivity index (χ0n) is 19.4. The van der Waals surface area contributed by atoms with E-state index < -0.39 is 5.66 Å². The van der Waals surface area contributed by atoms with Gasteiger partial charge in [-0.2, -0.15) is 0 Å². The molecule has 0 radical (unpaired) electrons. The van der Waals surface area contributed by atoms with Gasteiger partial charge < -0.3 is 0 Å². The van der Waals surface area contributed by atoms with E-state index in [4.69, 9.17) is 4.99 Å². The minimum atomic E-state index is -0.550. The number of benzene rings is 2. The van der Waals surface area contributed by atoms with E-state index in [0.717, 1.165) is 43.8 Å². The Balaban J connectivity index is 2.08. The molecule has 170 valence electrons. The van der Waals surface area contributed by atoms with Crippen LogP contribution >= 0.6 is 0 Å². The van der Waals surface area contributed by atoms with E-state index in [1.807, 2.05) is 24.3 Å².